The number of likely N-dealkylation sites (tertiary alicyclic amines) is 1. The third-order valence-electron chi connectivity index (χ3n) is 6.40. The van der Waals surface area contributed by atoms with Crippen molar-refractivity contribution in [2.75, 3.05) is 44.7 Å². The van der Waals surface area contributed by atoms with Crippen LogP contribution < -0.4 is 10.2 Å². The molecule has 0 saturated carbocycles. The van der Waals surface area contributed by atoms with Crippen molar-refractivity contribution in [3.05, 3.63) is 29.3 Å². The fourth-order valence-electron chi connectivity index (χ4n) is 4.51. The molecule has 1 aromatic carbocycles. The highest BCUT2D eigenvalue weighted by atomic mass is 16.5. The zero-order chi connectivity index (χ0) is 19.7. The smallest absolute Gasteiger partial charge is 0.317 e. The van der Waals surface area contributed by atoms with Crippen LogP contribution >= 0.6 is 0 Å². The summed E-state index contributed by atoms with van der Waals surface area (Å²) in [5.74, 6) is 0.0201. The van der Waals surface area contributed by atoms with Crippen molar-refractivity contribution in [1.82, 2.24) is 15.1 Å². The van der Waals surface area contributed by atoms with E-state index in [0.717, 1.165) is 13.1 Å². The van der Waals surface area contributed by atoms with Crippen LogP contribution in [0.3, 0.4) is 0 Å². The molecule has 0 radical (unpaired) electrons. The summed E-state index contributed by atoms with van der Waals surface area (Å²) in [5.41, 5.74) is 3.13. The number of ether oxygens (including phenoxy) is 1. The van der Waals surface area contributed by atoms with E-state index in [4.69, 9.17) is 4.74 Å². The van der Waals surface area contributed by atoms with Gasteiger partial charge in [0.2, 0.25) is 0 Å². The van der Waals surface area contributed by atoms with Crippen molar-refractivity contribution in [1.29, 1.82) is 0 Å². The molecule has 4 rings (SSSR count). The minimum atomic E-state index is -0.520. The summed E-state index contributed by atoms with van der Waals surface area (Å²) < 4.78 is 5.76. The number of urea groups is 1. The van der Waals surface area contributed by atoms with E-state index in [1.807, 2.05) is 4.90 Å². The van der Waals surface area contributed by atoms with Crippen molar-refractivity contribution < 1.29 is 14.3 Å². The number of rotatable bonds is 3. The number of hydrogen-bond acceptors (Lipinski definition) is 4. The fourth-order valence-corrected chi connectivity index (χ4v) is 4.51. The molecule has 0 atom stereocenters. The summed E-state index contributed by atoms with van der Waals surface area (Å²) in [6.07, 6.45) is 3.78. The van der Waals surface area contributed by atoms with Crippen LogP contribution in [0.1, 0.15) is 36.8 Å². The van der Waals surface area contributed by atoms with E-state index < -0.39 is 5.72 Å². The van der Waals surface area contributed by atoms with Gasteiger partial charge in [0.15, 0.2) is 0 Å². The lowest BCUT2D eigenvalue weighted by Crippen LogP contribution is -2.55. The molecule has 3 aliphatic rings. The van der Waals surface area contributed by atoms with Gasteiger partial charge in [-0.3, -0.25) is 4.79 Å². The van der Waals surface area contributed by atoms with Gasteiger partial charge >= 0.3 is 6.03 Å². The molecule has 7 nitrogen and oxygen atoms in total. The van der Waals surface area contributed by atoms with Crippen LogP contribution in [0.4, 0.5) is 10.5 Å². The number of benzene rings is 1. The number of nitrogens with one attached hydrogen (secondary N) is 1. The van der Waals surface area contributed by atoms with Crippen molar-refractivity contribution >= 4 is 17.6 Å². The lowest BCUT2D eigenvalue weighted by molar-refractivity contribution is -0.135. The number of likely N-dealkylation sites (N-methyl/N-ethyl adjacent to an activating group) is 1. The van der Waals surface area contributed by atoms with E-state index in [1.54, 1.807) is 11.9 Å². The molecule has 3 aliphatic heterocycles. The SMILES string of the molecule is Cc1ccc(CNC(=O)N2CCC3(CC2)OCC(=O)N3C)c(N2CCCC2)c1. The van der Waals surface area contributed by atoms with Gasteiger partial charge in [0.25, 0.3) is 5.91 Å². The molecule has 1 spiro atoms. The van der Waals surface area contributed by atoms with Crippen molar-refractivity contribution in [2.45, 2.75) is 44.9 Å². The number of carbonyl (C=O) groups excluding carboxylic acids is 2. The highest BCUT2D eigenvalue weighted by Gasteiger charge is 2.47. The minimum absolute atomic E-state index is 0.0201. The molecule has 28 heavy (non-hydrogen) atoms. The molecule has 3 saturated heterocycles. The van der Waals surface area contributed by atoms with E-state index in [2.05, 4.69) is 35.3 Å². The molecule has 0 bridgehead atoms. The first kappa shape index (κ1) is 19.1. The molecule has 1 aromatic rings. The number of carbonyl (C=O) groups is 2. The number of nitrogens with zero attached hydrogens (tertiary/aromatic N) is 3. The summed E-state index contributed by atoms with van der Waals surface area (Å²) in [7, 11) is 1.79. The normalized spacial score (nSPS) is 21.6. The second-order valence-electron chi connectivity index (χ2n) is 8.16. The quantitative estimate of drug-likeness (QED) is 0.864. The van der Waals surface area contributed by atoms with Crippen LogP contribution in [0.5, 0.6) is 0 Å². The molecule has 0 aliphatic carbocycles. The maximum Gasteiger partial charge on any atom is 0.317 e. The van der Waals surface area contributed by atoms with E-state index in [-0.39, 0.29) is 18.5 Å². The molecule has 3 heterocycles. The Morgan fingerprint density at radius 3 is 2.54 bits per heavy atom. The van der Waals surface area contributed by atoms with Crippen molar-refractivity contribution in [2.24, 2.45) is 0 Å². The third-order valence-corrected chi connectivity index (χ3v) is 6.40. The summed E-state index contributed by atoms with van der Waals surface area (Å²) in [4.78, 5) is 30.4. The molecule has 0 aromatic heterocycles. The highest BCUT2D eigenvalue weighted by Crippen LogP contribution is 2.33. The van der Waals surface area contributed by atoms with Gasteiger partial charge in [0.1, 0.15) is 12.3 Å². The van der Waals surface area contributed by atoms with Crippen LogP contribution in [0.2, 0.25) is 0 Å². The number of anilines is 1. The first-order valence-corrected chi connectivity index (χ1v) is 10.3. The molecule has 7 heteroatoms. The average molecular weight is 386 g/mol. The Kier molecular flexibility index (Phi) is 5.19. The topological polar surface area (TPSA) is 65.1 Å². The number of hydrogen-bond donors (Lipinski definition) is 1. The van der Waals surface area contributed by atoms with E-state index >= 15 is 0 Å². The molecular formula is C21H30N4O3. The van der Waals surface area contributed by atoms with Crippen LogP contribution in [-0.2, 0) is 16.1 Å². The summed E-state index contributed by atoms with van der Waals surface area (Å²) in [6, 6.07) is 6.41. The highest BCUT2D eigenvalue weighted by molar-refractivity contribution is 5.80. The van der Waals surface area contributed by atoms with Gasteiger partial charge in [-0.15, -0.1) is 0 Å². The number of aryl methyl sites for hydroxylation is 1. The maximum atomic E-state index is 12.7. The molecule has 3 amide bonds. The zero-order valence-corrected chi connectivity index (χ0v) is 16.9. The van der Waals surface area contributed by atoms with E-state index in [0.29, 0.717) is 32.5 Å². The molecule has 1 N–H and O–H groups in total. The van der Waals surface area contributed by atoms with Gasteiger partial charge in [0, 0.05) is 58.3 Å². The largest absolute Gasteiger partial charge is 0.371 e. The predicted octanol–water partition coefficient (Wildman–Crippen LogP) is 2.09. The first-order valence-electron chi connectivity index (χ1n) is 10.3. The monoisotopic (exact) mass is 386 g/mol. The lowest BCUT2D eigenvalue weighted by Gasteiger charge is -2.41. The van der Waals surface area contributed by atoms with E-state index in [9.17, 15) is 9.59 Å². The van der Waals surface area contributed by atoms with Gasteiger partial charge in [-0.2, -0.15) is 0 Å². The van der Waals surface area contributed by atoms with Gasteiger partial charge in [-0.25, -0.2) is 4.79 Å². The molecule has 152 valence electrons. The van der Waals surface area contributed by atoms with Crippen LogP contribution in [-0.4, -0.2) is 67.3 Å². The Hall–Kier alpha value is -2.28. The third kappa shape index (κ3) is 3.55. The summed E-state index contributed by atoms with van der Waals surface area (Å²) >= 11 is 0. The van der Waals surface area contributed by atoms with Crippen molar-refractivity contribution in [3.8, 4) is 0 Å². The van der Waals surface area contributed by atoms with Crippen LogP contribution in [0, 0.1) is 6.92 Å². The fraction of sp³-hybridized carbons (Fsp3) is 0.619. The summed E-state index contributed by atoms with van der Waals surface area (Å²) in [5, 5.41) is 3.09. The Bertz CT molecular complexity index is 752. The van der Waals surface area contributed by atoms with Gasteiger partial charge < -0.3 is 24.8 Å². The van der Waals surface area contributed by atoms with Crippen molar-refractivity contribution in [3.63, 3.8) is 0 Å². The number of amides is 3. The average Bonchev–Trinajstić information content (AvgIpc) is 3.33. The summed E-state index contributed by atoms with van der Waals surface area (Å²) in [6.45, 7) is 6.15. The molecular weight excluding hydrogens is 356 g/mol. The van der Waals surface area contributed by atoms with Gasteiger partial charge in [-0.05, 0) is 37.0 Å². The second-order valence-corrected chi connectivity index (χ2v) is 8.16. The maximum absolute atomic E-state index is 12.7. The first-order chi connectivity index (χ1) is 13.5. The molecule has 0 unspecified atom stereocenters. The minimum Gasteiger partial charge on any atom is -0.371 e. The van der Waals surface area contributed by atoms with Gasteiger partial charge in [-0.1, -0.05) is 12.1 Å². The standard InChI is InChI=1S/C21H30N4O3/c1-16-5-6-17(18(13-16)24-9-3-4-10-24)14-22-20(27)25-11-7-21(8-12-25)23(2)19(26)15-28-21/h5-6,13H,3-4,7-12,14-15H2,1-2H3,(H,22,27). The zero-order valence-electron chi connectivity index (χ0n) is 16.9. The second kappa shape index (κ2) is 7.62. The predicted molar refractivity (Wildman–Crippen MR) is 107 cm³/mol. The lowest BCUT2D eigenvalue weighted by atomic mass is 9.99. The Morgan fingerprint density at radius 2 is 1.89 bits per heavy atom. The number of piperidine rings is 1. The van der Waals surface area contributed by atoms with Crippen LogP contribution in [0.25, 0.3) is 0 Å². The molecule has 3 fully saturated rings. The van der Waals surface area contributed by atoms with Gasteiger partial charge in [0.05, 0.1) is 0 Å². The van der Waals surface area contributed by atoms with Crippen LogP contribution in [0.15, 0.2) is 18.2 Å². The van der Waals surface area contributed by atoms with E-state index in [1.165, 1.54) is 29.7 Å². The Morgan fingerprint density at radius 1 is 1.18 bits per heavy atom. The Balaban J connectivity index is 1.35. The Labute approximate surface area is 166 Å².